The molecule has 3 heterocycles. The molecule has 0 aromatic carbocycles. The molecule has 0 aliphatic carbocycles. The third kappa shape index (κ3) is 1.46. The molecule has 3 aliphatic rings. The van der Waals surface area contributed by atoms with Crippen molar-refractivity contribution in [1.82, 2.24) is 4.90 Å². The SMILES string of the molecule is CC1(C)OC[C@@H]([C@@H]2CN3C(=O)C[C@@H]3O2)O1. The van der Waals surface area contributed by atoms with E-state index in [4.69, 9.17) is 14.2 Å². The summed E-state index contributed by atoms with van der Waals surface area (Å²) < 4.78 is 16.9. The van der Waals surface area contributed by atoms with Gasteiger partial charge in [0.25, 0.3) is 0 Å². The van der Waals surface area contributed by atoms with E-state index >= 15 is 0 Å². The molecule has 5 nitrogen and oxygen atoms in total. The maximum Gasteiger partial charge on any atom is 0.229 e. The lowest BCUT2D eigenvalue weighted by atomic mass is 10.1. The van der Waals surface area contributed by atoms with Gasteiger partial charge in [0.15, 0.2) is 5.79 Å². The number of fused-ring (bicyclic) bond motifs is 1. The Balaban J connectivity index is 1.63. The number of carbonyl (C=O) groups is 1. The molecule has 3 aliphatic heterocycles. The van der Waals surface area contributed by atoms with Gasteiger partial charge in [0, 0.05) is 0 Å². The van der Waals surface area contributed by atoms with Crippen molar-refractivity contribution in [2.24, 2.45) is 0 Å². The molecule has 0 aromatic rings. The van der Waals surface area contributed by atoms with E-state index in [0.29, 0.717) is 19.6 Å². The second kappa shape index (κ2) is 2.93. The highest BCUT2D eigenvalue weighted by Gasteiger charge is 2.50. The summed E-state index contributed by atoms with van der Waals surface area (Å²) in [5, 5.41) is 0. The number of β-lactam (4-membered cyclic amide) rings is 1. The quantitative estimate of drug-likeness (QED) is 0.579. The van der Waals surface area contributed by atoms with Gasteiger partial charge in [-0.15, -0.1) is 0 Å². The fourth-order valence-corrected chi connectivity index (χ4v) is 2.31. The standard InChI is InChI=1S/C10H15NO4/c1-10(2)13-5-7(15-10)6-4-11-8(12)3-9(11)14-6/h6-7,9H,3-5H2,1-2H3/t6-,7-,9-/m0/s1. The first-order valence-corrected chi connectivity index (χ1v) is 5.32. The van der Waals surface area contributed by atoms with Gasteiger partial charge in [-0.1, -0.05) is 0 Å². The van der Waals surface area contributed by atoms with Crippen LogP contribution in [0.25, 0.3) is 0 Å². The van der Waals surface area contributed by atoms with Crippen molar-refractivity contribution in [1.29, 1.82) is 0 Å². The van der Waals surface area contributed by atoms with Crippen molar-refractivity contribution in [2.75, 3.05) is 13.2 Å². The van der Waals surface area contributed by atoms with Crippen LogP contribution in [0.2, 0.25) is 0 Å². The number of ether oxygens (including phenoxy) is 3. The lowest BCUT2D eigenvalue weighted by molar-refractivity contribution is -0.166. The van der Waals surface area contributed by atoms with Crippen LogP contribution in [-0.4, -0.2) is 48.2 Å². The smallest absolute Gasteiger partial charge is 0.229 e. The minimum absolute atomic E-state index is 0.00480. The Labute approximate surface area is 88.3 Å². The van der Waals surface area contributed by atoms with E-state index in [9.17, 15) is 4.79 Å². The van der Waals surface area contributed by atoms with Crippen LogP contribution in [0.5, 0.6) is 0 Å². The molecule has 0 saturated carbocycles. The monoisotopic (exact) mass is 213 g/mol. The average Bonchev–Trinajstić information content (AvgIpc) is 2.66. The molecule has 84 valence electrons. The first-order chi connectivity index (χ1) is 7.05. The maximum absolute atomic E-state index is 11.2. The van der Waals surface area contributed by atoms with Crippen LogP contribution >= 0.6 is 0 Å². The highest BCUT2D eigenvalue weighted by molar-refractivity contribution is 5.83. The van der Waals surface area contributed by atoms with Gasteiger partial charge in [-0.3, -0.25) is 4.79 Å². The van der Waals surface area contributed by atoms with E-state index in [-0.39, 0.29) is 24.3 Å². The van der Waals surface area contributed by atoms with Gasteiger partial charge in [0.05, 0.1) is 19.6 Å². The molecule has 0 aromatic heterocycles. The van der Waals surface area contributed by atoms with Crippen molar-refractivity contribution in [3.8, 4) is 0 Å². The molecule has 0 spiro atoms. The lowest BCUT2D eigenvalue weighted by Crippen LogP contribution is -2.48. The maximum atomic E-state index is 11.2. The average molecular weight is 213 g/mol. The van der Waals surface area contributed by atoms with Gasteiger partial charge < -0.3 is 19.1 Å². The predicted molar refractivity (Wildman–Crippen MR) is 49.9 cm³/mol. The van der Waals surface area contributed by atoms with Gasteiger partial charge in [-0.25, -0.2) is 0 Å². The zero-order valence-corrected chi connectivity index (χ0v) is 8.93. The number of carbonyl (C=O) groups excluding carboxylic acids is 1. The van der Waals surface area contributed by atoms with Gasteiger partial charge >= 0.3 is 0 Å². The van der Waals surface area contributed by atoms with Crippen molar-refractivity contribution in [2.45, 2.75) is 44.5 Å². The molecule has 5 heteroatoms. The van der Waals surface area contributed by atoms with E-state index in [1.807, 2.05) is 13.8 Å². The largest absolute Gasteiger partial charge is 0.350 e. The molecule has 3 atom stereocenters. The molecule has 0 unspecified atom stereocenters. The summed E-state index contributed by atoms with van der Waals surface area (Å²) in [5.41, 5.74) is 0. The van der Waals surface area contributed by atoms with Crippen LogP contribution in [-0.2, 0) is 19.0 Å². The van der Waals surface area contributed by atoms with E-state index in [1.54, 1.807) is 4.90 Å². The number of amides is 1. The van der Waals surface area contributed by atoms with Crippen molar-refractivity contribution in [3.05, 3.63) is 0 Å². The summed E-state index contributed by atoms with van der Waals surface area (Å²) in [7, 11) is 0. The minimum Gasteiger partial charge on any atom is -0.350 e. The Morgan fingerprint density at radius 3 is 2.73 bits per heavy atom. The Bertz CT molecular complexity index is 304. The van der Waals surface area contributed by atoms with Gasteiger partial charge in [-0.2, -0.15) is 0 Å². The van der Waals surface area contributed by atoms with Crippen LogP contribution in [0.15, 0.2) is 0 Å². The molecule has 0 N–H and O–H groups in total. The number of nitrogens with zero attached hydrogens (tertiary/aromatic N) is 1. The fourth-order valence-electron chi connectivity index (χ4n) is 2.31. The van der Waals surface area contributed by atoms with Crippen molar-refractivity contribution in [3.63, 3.8) is 0 Å². The van der Waals surface area contributed by atoms with Gasteiger partial charge in [0.2, 0.25) is 5.91 Å². The van der Waals surface area contributed by atoms with E-state index in [1.165, 1.54) is 0 Å². The predicted octanol–water partition coefficient (Wildman–Crippen LogP) is 0.0951. The molecule has 0 bridgehead atoms. The van der Waals surface area contributed by atoms with Crippen molar-refractivity contribution >= 4 is 5.91 Å². The highest BCUT2D eigenvalue weighted by atomic mass is 16.8. The number of hydrogen-bond donors (Lipinski definition) is 0. The van der Waals surface area contributed by atoms with Crippen LogP contribution < -0.4 is 0 Å². The van der Waals surface area contributed by atoms with E-state index in [0.717, 1.165) is 0 Å². The number of rotatable bonds is 1. The zero-order valence-electron chi connectivity index (χ0n) is 8.93. The minimum atomic E-state index is -0.519. The molecular formula is C10H15NO4. The van der Waals surface area contributed by atoms with Crippen LogP contribution in [0.1, 0.15) is 20.3 Å². The topological polar surface area (TPSA) is 48.0 Å². The third-order valence-corrected chi connectivity index (χ3v) is 3.17. The summed E-state index contributed by atoms with van der Waals surface area (Å²) in [4.78, 5) is 12.9. The van der Waals surface area contributed by atoms with E-state index < -0.39 is 5.79 Å². The normalized spacial score (nSPS) is 42.9. The van der Waals surface area contributed by atoms with Gasteiger partial charge in [0.1, 0.15) is 18.4 Å². The summed E-state index contributed by atoms with van der Waals surface area (Å²) in [6, 6.07) is 0. The Morgan fingerprint density at radius 1 is 1.40 bits per heavy atom. The Hall–Kier alpha value is -0.650. The molecule has 1 amide bonds. The number of hydrogen-bond acceptors (Lipinski definition) is 4. The zero-order chi connectivity index (χ0) is 10.6. The van der Waals surface area contributed by atoms with E-state index in [2.05, 4.69) is 0 Å². The second-order valence-corrected chi connectivity index (χ2v) is 4.75. The Morgan fingerprint density at radius 2 is 2.20 bits per heavy atom. The highest BCUT2D eigenvalue weighted by Crippen LogP contribution is 2.34. The summed E-state index contributed by atoms with van der Waals surface area (Å²) in [6.45, 7) is 4.98. The molecule has 15 heavy (non-hydrogen) atoms. The molecular weight excluding hydrogens is 198 g/mol. The molecule has 3 saturated heterocycles. The Kier molecular flexibility index (Phi) is 1.87. The summed E-state index contributed by atoms with van der Waals surface area (Å²) in [6.07, 6.45) is 0.449. The van der Waals surface area contributed by atoms with Crippen LogP contribution in [0.3, 0.4) is 0 Å². The van der Waals surface area contributed by atoms with Crippen LogP contribution in [0, 0.1) is 0 Å². The fraction of sp³-hybridized carbons (Fsp3) is 0.900. The first-order valence-electron chi connectivity index (χ1n) is 5.32. The summed E-state index contributed by atoms with van der Waals surface area (Å²) in [5.74, 6) is -0.338. The third-order valence-electron chi connectivity index (χ3n) is 3.17. The molecule has 0 radical (unpaired) electrons. The summed E-state index contributed by atoms with van der Waals surface area (Å²) >= 11 is 0. The molecule has 3 fully saturated rings. The first kappa shape index (κ1) is 9.57. The lowest BCUT2D eigenvalue weighted by Gasteiger charge is -2.31. The van der Waals surface area contributed by atoms with Crippen LogP contribution in [0.4, 0.5) is 0 Å². The van der Waals surface area contributed by atoms with Crippen molar-refractivity contribution < 1.29 is 19.0 Å². The second-order valence-electron chi connectivity index (χ2n) is 4.75. The van der Waals surface area contributed by atoms with Gasteiger partial charge in [-0.05, 0) is 13.8 Å². The molecule has 3 rings (SSSR count).